The molecule has 0 radical (unpaired) electrons. The molecule has 0 bridgehead atoms. The third kappa shape index (κ3) is 3.21. The minimum absolute atomic E-state index is 0.0379. The van der Waals surface area contributed by atoms with E-state index in [2.05, 4.69) is 10.3 Å². The summed E-state index contributed by atoms with van der Waals surface area (Å²) in [5, 5.41) is 5.31. The number of nitrogens with one attached hydrogen (secondary N) is 1. The molecule has 7 heteroatoms. The molecule has 1 amide bonds. The molecular formula is C13H17N3O2S2. The lowest BCUT2D eigenvalue weighted by molar-refractivity contribution is -0.119. The van der Waals surface area contributed by atoms with Gasteiger partial charge in [0, 0.05) is 13.1 Å². The fourth-order valence-electron chi connectivity index (χ4n) is 1.65. The van der Waals surface area contributed by atoms with E-state index in [4.69, 9.17) is 0 Å². The van der Waals surface area contributed by atoms with E-state index in [1.54, 1.807) is 7.05 Å². The molecule has 1 N–H and O–H groups in total. The van der Waals surface area contributed by atoms with Gasteiger partial charge in [-0.15, -0.1) is 11.3 Å². The average molecular weight is 311 g/mol. The van der Waals surface area contributed by atoms with Crippen LogP contribution in [0, 0.1) is 0 Å². The average Bonchev–Trinajstić information content (AvgIpc) is 2.89. The van der Waals surface area contributed by atoms with Crippen LogP contribution in [0.2, 0.25) is 0 Å². The molecule has 20 heavy (non-hydrogen) atoms. The highest BCUT2D eigenvalue weighted by atomic mass is 32.2. The van der Waals surface area contributed by atoms with E-state index in [0.29, 0.717) is 15.4 Å². The van der Waals surface area contributed by atoms with Crippen LogP contribution in [0.15, 0.2) is 21.4 Å². The van der Waals surface area contributed by atoms with Gasteiger partial charge in [0.25, 0.3) is 5.56 Å². The first-order valence-electron chi connectivity index (χ1n) is 6.39. The van der Waals surface area contributed by atoms with Crippen molar-refractivity contribution in [3.63, 3.8) is 0 Å². The molecular weight excluding hydrogens is 294 g/mol. The Balaban J connectivity index is 2.12. The number of carbonyl (C=O) groups excluding carboxylic acids is 1. The van der Waals surface area contributed by atoms with Crippen molar-refractivity contribution in [2.75, 3.05) is 5.75 Å². The van der Waals surface area contributed by atoms with Gasteiger partial charge in [0.1, 0.15) is 4.70 Å². The molecule has 5 nitrogen and oxygen atoms in total. The Morgan fingerprint density at radius 1 is 1.60 bits per heavy atom. The summed E-state index contributed by atoms with van der Waals surface area (Å²) in [6.07, 6.45) is 0.897. The Bertz CT molecular complexity index is 678. The molecule has 0 aromatic carbocycles. The monoisotopic (exact) mass is 311 g/mol. The van der Waals surface area contributed by atoms with Crippen LogP contribution in [-0.2, 0) is 11.8 Å². The van der Waals surface area contributed by atoms with E-state index in [-0.39, 0.29) is 23.3 Å². The zero-order chi connectivity index (χ0) is 14.7. The molecule has 2 heterocycles. The molecule has 2 aromatic rings. The van der Waals surface area contributed by atoms with E-state index in [1.165, 1.54) is 27.7 Å². The van der Waals surface area contributed by atoms with E-state index < -0.39 is 0 Å². The summed E-state index contributed by atoms with van der Waals surface area (Å²) in [4.78, 5) is 28.3. The van der Waals surface area contributed by atoms with Crippen molar-refractivity contribution < 1.29 is 4.79 Å². The van der Waals surface area contributed by atoms with Crippen molar-refractivity contribution in [3.8, 4) is 0 Å². The molecule has 0 spiro atoms. The molecule has 108 valence electrons. The fraction of sp³-hybridized carbons (Fsp3) is 0.462. The summed E-state index contributed by atoms with van der Waals surface area (Å²) in [5.74, 6) is 0.226. The molecule has 0 saturated carbocycles. The highest BCUT2D eigenvalue weighted by molar-refractivity contribution is 7.99. The Hall–Kier alpha value is -1.34. The van der Waals surface area contributed by atoms with E-state index in [9.17, 15) is 9.59 Å². The highest BCUT2D eigenvalue weighted by Crippen LogP contribution is 2.19. The number of fused-ring (bicyclic) bond motifs is 1. The van der Waals surface area contributed by atoms with Gasteiger partial charge in [-0.1, -0.05) is 18.7 Å². The number of aromatic nitrogens is 2. The quantitative estimate of drug-likeness (QED) is 0.677. The number of thioether (sulfide) groups is 1. The van der Waals surface area contributed by atoms with Crippen LogP contribution in [0.5, 0.6) is 0 Å². The summed E-state index contributed by atoms with van der Waals surface area (Å²) in [7, 11) is 1.68. The standard InChI is InChI=1S/C13H17N3O2S2/c1-4-8(2)14-10(17)7-20-13-15-9-5-6-19-11(9)12(18)16(13)3/h5-6,8H,4,7H2,1-3H3,(H,14,17)/t8-/m1/s1. The van der Waals surface area contributed by atoms with Crippen LogP contribution in [0.25, 0.3) is 10.2 Å². The Morgan fingerprint density at radius 3 is 3.05 bits per heavy atom. The smallest absolute Gasteiger partial charge is 0.271 e. The number of nitrogens with zero attached hydrogens (tertiary/aromatic N) is 2. The highest BCUT2D eigenvalue weighted by Gasteiger charge is 2.12. The van der Waals surface area contributed by atoms with Crippen molar-refractivity contribution in [2.45, 2.75) is 31.5 Å². The second-order valence-corrected chi connectivity index (χ2v) is 6.42. The van der Waals surface area contributed by atoms with Crippen LogP contribution in [0.4, 0.5) is 0 Å². The maximum absolute atomic E-state index is 12.1. The minimum Gasteiger partial charge on any atom is -0.353 e. The third-order valence-corrected chi connectivity index (χ3v) is 4.92. The van der Waals surface area contributed by atoms with E-state index in [1.807, 2.05) is 25.3 Å². The van der Waals surface area contributed by atoms with Crippen LogP contribution < -0.4 is 10.9 Å². The summed E-state index contributed by atoms with van der Waals surface area (Å²) >= 11 is 2.67. The van der Waals surface area contributed by atoms with Crippen LogP contribution in [-0.4, -0.2) is 27.3 Å². The molecule has 0 aliphatic carbocycles. The number of amides is 1. The van der Waals surface area contributed by atoms with Gasteiger partial charge in [0.15, 0.2) is 5.16 Å². The van der Waals surface area contributed by atoms with Crippen molar-refractivity contribution in [2.24, 2.45) is 7.05 Å². The SMILES string of the molecule is CC[C@@H](C)NC(=O)CSc1nc2ccsc2c(=O)n1C. The van der Waals surface area contributed by atoms with Gasteiger partial charge < -0.3 is 5.32 Å². The first-order chi connectivity index (χ1) is 9.52. The van der Waals surface area contributed by atoms with Crippen molar-refractivity contribution >= 4 is 39.2 Å². The maximum Gasteiger partial charge on any atom is 0.271 e. The molecule has 1 atom stereocenters. The van der Waals surface area contributed by atoms with Crippen LogP contribution >= 0.6 is 23.1 Å². The van der Waals surface area contributed by atoms with Gasteiger partial charge in [-0.05, 0) is 24.8 Å². The topological polar surface area (TPSA) is 64.0 Å². The second kappa shape index (κ2) is 6.41. The fourth-order valence-corrected chi connectivity index (χ4v) is 3.23. The lowest BCUT2D eigenvalue weighted by atomic mass is 10.3. The largest absolute Gasteiger partial charge is 0.353 e. The molecule has 0 aliphatic rings. The zero-order valence-electron chi connectivity index (χ0n) is 11.7. The number of rotatable bonds is 5. The molecule has 0 fully saturated rings. The number of carbonyl (C=O) groups is 1. The van der Waals surface area contributed by atoms with E-state index in [0.717, 1.165) is 6.42 Å². The van der Waals surface area contributed by atoms with Gasteiger partial charge >= 0.3 is 0 Å². The van der Waals surface area contributed by atoms with Gasteiger partial charge in [-0.2, -0.15) is 0 Å². The minimum atomic E-state index is -0.0603. The number of thiophene rings is 1. The summed E-state index contributed by atoms with van der Waals surface area (Å²) in [6.45, 7) is 3.99. The van der Waals surface area contributed by atoms with E-state index >= 15 is 0 Å². The molecule has 0 saturated heterocycles. The molecule has 0 unspecified atom stereocenters. The first-order valence-corrected chi connectivity index (χ1v) is 8.25. The van der Waals surface area contributed by atoms with Gasteiger partial charge in [0.2, 0.25) is 5.91 Å². The van der Waals surface area contributed by atoms with Crippen molar-refractivity contribution in [3.05, 3.63) is 21.8 Å². The predicted molar refractivity (Wildman–Crippen MR) is 83.5 cm³/mol. The maximum atomic E-state index is 12.1. The van der Waals surface area contributed by atoms with Gasteiger partial charge in [0.05, 0.1) is 11.3 Å². The first kappa shape index (κ1) is 15.1. The normalized spacial score (nSPS) is 12.6. The van der Waals surface area contributed by atoms with Crippen LogP contribution in [0.3, 0.4) is 0 Å². The Kier molecular flexibility index (Phi) is 4.82. The Labute approximate surface area is 125 Å². The molecule has 2 aromatic heterocycles. The summed E-state index contributed by atoms with van der Waals surface area (Å²) in [5.41, 5.74) is 0.637. The number of hydrogen-bond acceptors (Lipinski definition) is 5. The number of hydrogen-bond donors (Lipinski definition) is 1. The van der Waals surface area contributed by atoms with Crippen molar-refractivity contribution in [1.82, 2.24) is 14.9 Å². The molecule has 2 rings (SSSR count). The second-order valence-electron chi connectivity index (χ2n) is 4.56. The summed E-state index contributed by atoms with van der Waals surface area (Å²) in [6, 6.07) is 1.99. The predicted octanol–water partition coefficient (Wildman–Crippen LogP) is 2.00. The lowest BCUT2D eigenvalue weighted by Gasteiger charge is -2.11. The lowest BCUT2D eigenvalue weighted by Crippen LogP contribution is -2.33. The Morgan fingerprint density at radius 2 is 2.35 bits per heavy atom. The van der Waals surface area contributed by atoms with Gasteiger partial charge in [-0.3, -0.25) is 14.2 Å². The summed E-state index contributed by atoms with van der Waals surface area (Å²) < 4.78 is 2.15. The van der Waals surface area contributed by atoms with Crippen molar-refractivity contribution in [1.29, 1.82) is 0 Å². The zero-order valence-corrected chi connectivity index (χ0v) is 13.3. The third-order valence-electron chi connectivity index (χ3n) is 3.00. The van der Waals surface area contributed by atoms with Crippen LogP contribution in [0.1, 0.15) is 20.3 Å². The molecule has 0 aliphatic heterocycles. The van der Waals surface area contributed by atoms with Gasteiger partial charge in [-0.25, -0.2) is 4.98 Å².